The average molecular weight is 608 g/mol. The molecule has 0 fully saturated rings. The summed E-state index contributed by atoms with van der Waals surface area (Å²) in [6.45, 7) is 7.48. The Morgan fingerprint density at radius 3 is 1.93 bits per heavy atom. The maximum absolute atomic E-state index is 13.7. The van der Waals surface area contributed by atoms with E-state index in [2.05, 4.69) is 10.0 Å². The predicted octanol–water partition coefficient (Wildman–Crippen LogP) is 5.65. The Morgan fingerprint density at radius 2 is 1.33 bits per heavy atom. The monoisotopic (exact) mass is 607 g/mol. The lowest BCUT2D eigenvalue weighted by atomic mass is 10.1. The van der Waals surface area contributed by atoms with E-state index >= 15 is 0 Å². The number of nitrogens with zero attached hydrogens (tertiary/aromatic N) is 1. The Labute approximate surface area is 247 Å². The van der Waals surface area contributed by atoms with Crippen LogP contribution in [0.1, 0.15) is 23.6 Å². The molecule has 2 N–H and O–H groups in total. The van der Waals surface area contributed by atoms with Crippen molar-refractivity contribution < 1.29 is 26.4 Å². The SMILES string of the molecule is CCOc1ccc(S(=O)(=O)N(CC(=O)Nc2ccc(S(=O)(=O)Nc3ccc(C)c(C)c3)cc2)c2ccc(C)cc2)cc1. The first-order valence-electron chi connectivity index (χ1n) is 13.2. The van der Waals surface area contributed by atoms with E-state index in [1.54, 1.807) is 48.5 Å². The van der Waals surface area contributed by atoms with Crippen molar-refractivity contribution in [1.29, 1.82) is 0 Å². The second kappa shape index (κ2) is 12.7. The molecule has 0 aliphatic carbocycles. The van der Waals surface area contributed by atoms with Crippen molar-refractivity contribution in [3.8, 4) is 5.75 Å². The van der Waals surface area contributed by atoms with E-state index in [9.17, 15) is 21.6 Å². The number of rotatable bonds is 11. The van der Waals surface area contributed by atoms with Crippen molar-refractivity contribution in [3.05, 3.63) is 108 Å². The molecule has 0 aromatic heterocycles. The van der Waals surface area contributed by atoms with Crippen LogP contribution in [0.2, 0.25) is 0 Å². The standard InChI is InChI=1S/C31H33N3O6S2/c1-5-40-28-14-18-30(19-15-28)42(38,39)34(27-12-6-22(2)7-13-27)21-31(35)32-25-10-16-29(17-11-25)41(36,37)33-26-9-8-23(3)24(4)20-26/h6-20,33H,5,21H2,1-4H3,(H,32,35). The molecule has 4 aromatic rings. The molecule has 11 heteroatoms. The third-order valence-electron chi connectivity index (χ3n) is 6.54. The van der Waals surface area contributed by atoms with Gasteiger partial charge in [0, 0.05) is 11.4 Å². The van der Waals surface area contributed by atoms with Crippen molar-refractivity contribution in [2.45, 2.75) is 37.5 Å². The fraction of sp³-hybridized carbons (Fsp3) is 0.194. The number of hydrogen-bond acceptors (Lipinski definition) is 6. The molecule has 42 heavy (non-hydrogen) atoms. The molecule has 0 aliphatic rings. The maximum Gasteiger partial charge on any atom is 0.264 e. The van der Waals surface area contributed by atoms with Crippen molar-refractivity contribution >= 4 is 43.0 Å². The molecule has 4 aromatic carbocycles. The van der Waals surface area contributed by atoms with Crippen LogP contribution in [-0.2, 0) is 24.8 Å². The number of carbonyl (C=O) groups excluding carboxylic acids is 1. The molecule has 0 atom stereocenters. The minimum absolute atomic E-state index is 0.00478. The van der Waals surface area contributed by atoms with Crippen LogP contribution in [-0.4, -0.2) is 35.9 Å². The lowest BCUT2D eigenvalue weighted by Crippen LogP contribution is -2.38. The van der Waals surface area contributed by atoms with E-state index < -0.39 is 32.5 Å². The molecule has 4 rings (SSSR count). The minimum atomic E-state index is -4.12. The van der Waals surface area contributed by atoms with Crippen molar-refractivity contribution in [2.24, 2.45) is 0 Å². The fourth-order valence-corrected chi connectivity index (χ4v) is 6.57. The topological polar surface area (TPSA) is 122 Å². The summed E-state index contributed by atoms with van der Waals surface area (Å²) in [5.41, 5.74) is 4.02. The van der Waals surface area contributed by atoms with Gasteiger partial charge < -0.3 is 10.1 Å². The minimum Gasteiger partial charge on any atom is -0.494 e. The van der Waals surface area contributed by atoms with E-state index in [1.165, 1.54) is 36.4 Å². The van der Waals surface area contributed by atoms with Crippen LogP contribution in [0.5, 0.6) is 5.75 Å². The Kier molecular flexibility index (Phi) is 9.23. The third kappa shape index (κ3) is 7.29. The molecule has 0 unspecified atom stereocenters. The average Bonchev–Trinajstić information content (AvgIpc) is 2.95. The number of anilines is 3. The quantitative estimate of drug-likeness (QED) is 0.227. The molecule has 9 nitrogen and oxygen atoms in total. The third-order valence-corrected chi connectivity index (χ3v) is 9.72. The van der Waals surface area contributed by atoms with E-state index in [-0.39, 0.29) is 9.79 Å². The van der Waals surface area contributed by atoms with Gasteiger partial charge in [0.15, 0.2) is 0 Å². The number of sulfonamides is 2. The molecule has 0 heterocycles. The zero-order valence-corrected chi connectivity index (χ0v) is 25.4. The Hall–Kier alpha value is -4.35. The molecule has 0 aliphatic heterocycles. The van der Waals surface area contributed by atoms with E-state index in [0.29, 0.717) is 29.4 Å². The van der Waals surface area contributed by atoms with Gasteiger partial charge in [0.05, 0.1) is 22.1 Å². The summed E-state index contributed by atoms with van der Waals surface area (Å²) < 4.78 is 62.1. The number of ether oxygens (including phenoxy) is 1. The van der Waals surface area contributed by atoms with Gasteiger partial charge >= 0.3 is 0 Å². The van der Waals surface area contributed by atoms with Crippen LogP contribution in [0.4, 0.5) is 17.1 Å². The molecule has 0 spiro atoms. The second-order valence-electron chi connectivity index (χ2n) is 9.73. The fourth-order valence-electron chi connectivity index (χ4n) is 4.10. The summed E-state index contributed by atoms with van der Waals surface area (Å²) in [6, 6.07) is 23.7. The highest BCUT2D eigenvalue weighted by Gasteiger charge is 2.27. The van der Waals surface area contributed by atoms with Gasteiger partial charge in [0.2, 0.25) is 5.91 Å². The smallest absolute Gasteiger partial charge is 0.264 e. The number of nitrogens with one attached hydrogen (secondary N) is 2. The largest absolute Gasteiger partial charge is 0.494 e. The van der Waals surface area contributed by atoms with Crippen LogP contribution in [0.3, 0.4) is 0 Å². The van der Waals surface area contributed by atoms with Crippen LogP contribution in [0.25, 0.3) is 0 Å². The normalized spacial score (nSPS) is 11.5. The summed E-state index contributed by atoms with van der Waals surface area (Å²) in [4.78, 5) is 13.1. The van der Waals surface area contributed by atoms with Crippen molar-refractivity contribution in [3.63, 3.8) is 0 Å². The van der Waals surface area contributed by atoms with Crippen molar-refractivity contribution in [2.75, 3.05) is 27.5 Å². The van der Waals surface area contributed by atoms with Gasteiger partial charge in [-0.05, 0) is 112 Å². The van der Waals surface area contributed by atoms with Crippen LogP contribution in [0.15, 0.2) is 101 Å². The lowest BCUT2D eigenvalue weighted by Gasteiger charge is -2.24. The Balaban J connectivity index is 1.52. The Morgan fingerprint density at radius 1 is 0.738 bits per heavy atom. The molecule has 0 saturated heterocycles. The summed E-state index contributed by atoms with van der Waals surface area (Å²) >= 11 is 0. The van der Waals surface area contributed by atoms with E-state index in [1.807, 2.05) is 33.8 Å². The lowest BCUT2D eigenvalue weighted by molar-refractivity contribution is -0.114. The molecule has 0 radical (unpaired) electrons. The van der Waals surface area contributed by atoms with Crippen LogP contribution in [0, 0.1) is 20.8 Å². The summed E-state index contributed by atoms with van der Waals surface area (Å²) in [7, 11) is -7.98. The molecule has 0 bridgehead atoms. The molecular formula is C31H33N3O6S2. The first kappa shape index (κ1) is 30.6. The van der Waals surface area contributed by atoms with E-state index in [0.717, 1.165) is 21.0 Å². The highest BCUT2D eigenvalue weighted by atomic mass is 32.2. The Bertz CT molecular complexity index is 1770. The highest BCUT2D eigenvalue weighted by Crippen LogP contribution is 2.26. The van der Waals surface area contributed by atoms with Gasteiger partial charge in [0.25, 0.3) is 20.0 Å². The highest BCUT2D eigenvalue weighted by molar-refractivity contribution is 7.93. The first-order chi connectivity index (χ1) is 19.9. The van der Waals surface area contributed by atoms with Crippen LogP contribution < -0.4 is 19.1 Å². The van der Waals surface area contributed by atoms with Gasteiger partial charge in [-0.15, -0.1) is 0 Å². The summed E-state index contributed by atoms with van der Waals surface area (Å²) in [5, 5.41) is 2.66. The second-order valence-corrected chi connectivity index (χ2v) is 13.3. The molecule has 220 valence electrons. The van der Waals surface area contributed by atoms with Crippen molar-refractivity contribution in [1.82, 2.24) is 0 Å². The van der Waals surface area contributed by atoms with Gasteiger partial charge in [-0.25, -0.2) is 16.8 Å². The number of carbonyl (C=O) groups is 1. The predicted molar refractivity (Wildman–Crippen MR) is 165 cm³/mol. The zero-order valence-electron chi connectivity index (χ0n) is 23.8. The van der Waals surface area contributed by atoms with E-state index in [4.69, 9.17) is 4.74 Å². The number of aryl methyl sites for hydroxylation is 3. The van der Waals surface area contributed by atoms with Gasteiger partial charge in [-0.1, -0.05) is 23.8 Å². The number of hydrogen-bond donors (Lipinski definition) is 2. The van der Waals surface area contributed by atoms with Gasteiger partial charge in [-0.2, -0.15) is 0 Å². The number of amides is 1. The number of benzene rings is 4. The first-order valence-corrected chi connectivity index (χ1v) is 16.1. The van der Waals surface area contributed by atoms with Gasteiger partial charge in [-0.3, -0.25) is 13.8 Å². The zero-order chi connectivity index (χ0) is 30.5. The molecule has 1 amide bonds. The van der Waals surface area contributed by atoms with Gasteiger partial charge in [0.1, 0.15) is 12.3 Å². The molecule has 0 saturated carbocycles. The maximum atomic E-state index is 13.7. The van der Waals surface area contributed by atoms with Crippen LogP contribution >= 0.6 is 0 Å². The molecular weight excluding hydrogens is 574 g/mol. The summed E-state index contributed by atoms with van der Waals surface area (Å²) in [5.74, 6) is -0.0698. The summed E-state index contributed by atoms with van der Waals surface area (Å²) in [6.07, 6.45) is 0.